The van der Waals surface area contributed by atoms with Crippen molar-refractivity contribution in [3.05, 3.63) is 11.8 Å². The summed E-state index contributed by atoms with van der Waals surface area (Å²) in [6.07, 6.45) is 4.44. The smallest absolute Gasteiger partial charge is 0.222 e. The van der Waals surface area contributed by atoms with Crippen molar-refractivity contribution in [2.24, 2.45) is 11.7 Å². The normalized spacial score (nSPS) is 23.1. The Hall–Kier alpha value is -0.860. The molecule has 3 rings (SSSR count). The van der Waals surface area contributed by atoms with Gasteiger partial charge in [0.05, 0.1) is 12.3 Å². The van der Waals surface area contributed by atoms with Crippen LogP contribution in [0.15, 0.2) is 6.07 Å². The van der Waals surface area contributed by atoms with Crippen molar-refractivity contribution in [1.29, 1.82) is 0 Å². The predicted octanol–water partition coefficient (Wildman–Crippen LogP) is 1.90. The molecule has 0 bridgehead atoms. The topological polar surface area (TPSA) is 93.5 Å². The quantitative estimate of drug-likeness (QED) is 0.695. The van der Waals surface area contributed by atoms with Crippen LogP contribution in [0.3, 0.4) is 0 Å². The van der Waals surface area contributed by atoms with Crippen LogP contribution in [-0.4, -0.2) is 67.9 Å². The zero-order valence-electron chi connectivity index (χ0n) is 16.3. The molecular weight excluding hydrogens is 387 g/mol. The van der Waals surface area contributed by atoms with Crippen molar-refractivity contribution >= 4 is 36.6 Å². The van der Waals surface area contributed by atoms with Crippen molar-refractivity contribution in [3.8, 4) is 0 Å². The maximum absolute atomic E-state index is 5.95. The molecular formula is C18H34Cl2N6O. The van der Waals surface area contributed by atoms with Gasteiger partial charge in [-0.2, -0.15) is 4.98 Å². The Morgan fingerprint density at radius 2 is 1.89 bits per heavy atom. The van der Waals surface area contributed by atoms with E-state index in [-0.39, 0.29) is 24.8 Å². The van der Waals surface area contributed by atoms with Gasteiger partial charge in [0.2, 0.25) is 5.95 Å². The number of nitrogen functional groups attached to an aromatic ring is 1. The number of aromatic nitrogens is 2. The maximum Gasteiger partial charge on any atom is 0.222 e. The minimum atomic E-state index is 0. The van der Waals surface area contributed by atoms with Crippen molar-refractivity contribution in [3.63, 3.8) is 0 Å². The molecule has 9 heteroatoms. The first-order valence-electron chi connectivity index (χ1n) is 9.37. The van der Waals surface area contributed by atoms with Crippen molar-refractivity contribution in [1.82, 2.24) is 14.9 Å². The molecule has 0 spiro atoms. The molecule has 1 saturated heterocycles. The van der Waals surface area contributed by atoms with Crippen molar-refractivity contribution < 1.29 is 4.74 Å². The second-order valence-electron chi connectivity index (χ2n) is 7.60. The van der Waals surface area contributed by atoms with Gasteiger partial charge in [-0.1, -0.05) is 0 Å². The van der Waals surface area contributed by atoms with E-state index in [1.165, 1.54) is 12.8 Å². The van der Waals surface area contributed by atoms with Crippen LogP contribution in [0.25, 0.3) is 0 Å². The first kappa shape index (κ1) is 24.2. The SMILES string of the molecule is COCCN1CCC(CN(C)c2cc(C3CC(N)C3)nc(N)n2)CC1.Cl.Cl. The summed E-state index contributed by atoms with van der Waals surface area (Å²) in [4.78, 5) is 13.6. The summed E-state index contributed by atoms with van der Waals surface area (Å²) in [5.74, 6) is 2.44. The first-order valence-corrected chi connectivity index (χ1v) is 9.37. The fraction of sp³-hybridized carbons (Fsp3) is 0.778. The Labute approximate surface area is 175 Å². The van der Waals surface area contributed by atoms with E-state index < -0.39 is 0 Å². The number of nitrogens with zero attached hydrogens (tertiary/aromatic N) is 4. The van der Waals surface area contributed by atoms with Crippen LogP contribution in [0.1, 0.15) is 37.3 Å². The summed E-state index contributed by atoms with van der Waals surface area (Å²) in [7, 11) is 3.87. The van der Waals surface area contributed by atoms with Gasteiger partial charge in [-0.3, -0.25) is 0 Å². The van der Waals surface area contributed by atoms with Crippen LogP contribution in [-0.2, 0) is 4.74 Å². The lowest BCUT2D eigenvalue weighted by Gasteiger charge is -2.35. The van der Waals surface area contributed by atoms with Gasteiger partial charge >= 0.3 is 0 Å². The molecule has 27 heavy (non-hydrogen) atoms. The number of piperidine rings is 1. The third-order valence-corrected chi connectivity index (χ3v) is 5.58. The van der Waals surface area contributed by atoms with E-state index in [0.29, 0.717) is 23.8 Å². The van der Waals surface area contributed by atoms with Crippen molar-refractivity contribution in [2.45, 2.75) is 37.6 Å². The minimum absolute atomic E-state index is 0. The van der Waals surface area contributed by atoms with Crippen molar-refractivity contribution in [2.75, 3.05) is 57.6 Å². The molecule has 1 saturated carbocycles. The summed E-state index contributed by atoms with van der Waals surface area (Å²) >= 11 is 0. The van der Waals surface area contributed by atoms with E-state index in [1.807, 2.05) is 0 Å². The summed E-state index contributed by atoms with van der Waals surface area (Å²) in [6.45, 7) is 5.17. The largest absolute Gasteiger partial charge is 0.383 e. The molecule has 0 atom stereocenters. The highest BCUT2D eigenvalue weighted by molar-refractivity contribution is 5.85. The Bertz CT molecular complexity index is 565. The van der Waals surface area contributed by atoms with E-state index in [2.05, 4.69) is 32.9 Å². The average Bonchev–Trinajstić information content (AvgIpc) is 2.58. The Balaban J connectivity index is 0.00000182. The van der Waals surface area contributed by atoms with Gasteiger partial charge in [-0.05, 0) is 44.7 Å². The lowest BCUT2D eigenvalue weighted by atomic mass is 9.78. The van der Waals surface area contributed by atoms with Gasteiger partial charge in [-0.25, -0.2) is 4.98 Å². The molecule has 2 heterocycles. The van der Waals surface area contributed by atoms with Gasteiger partial charge in [-0.15, -0.1) is 24.8 Å². The van der Waals surface area contributed by atoms with E-state index in [0.717, 1.165) is 57.1 Å². The fourth-order valence-corrected chi connectivity index (χ4v) is 3.87. The Morgan fingerprint density at radius 3 is 2.48 bits per heavy atom. The molecule has 0 radical (unpaired) electrons. The summed E-state index contributed by atoms with van der Waals surface area (Å²) in [6, 6.07) is 2.41. The van der Waals surface area contributed by atoms with Crippen LogP contribution < -0.4 is 16.4 Å². The number of anilines is 2. The van der Waals surface area contributed by atoms with Gasteiger partial charge in [0.25, 0.3) is 0 Å². The molecule has 4 N–H and O–H groups in total. The van der Waals surface area contributed by atoms with E-state index in [1.54, 1.807) is 7.11 Å². The highest BCUT2D eigenvalue weighted by atomic mass is 35.5. The lowest BCUT2D eigenvalue weighted by Crippen LogP contribution is -2.39. The molecule has 0 unspecified atom stereocenters. The maximum atomic E-state index is 5.95. The molecule has 1 aliphatic carbocycles. The van der Waals surface area contributed by atoms with Gasteiger partial charge in [0, 0.05) is 45.3 Å². The first-order chi connectivity index (χ1) is 12.0. The number of methoxy groups -OCH3 is 1. The number of nitrogens with two attached hydrogens (primary N) is 2. The van der Waals surface area contributed by atoms with Gasteiger partial charge in [0.15, 0.2) is 0 Å². The zero-order chi connectivity index (χ0) is 17.8. The monoisotopic (exact) mass is 420 g/mol. The van der Waals surface area contributed by atoms with Crippen LogP contribution in [0.5, 0.6) is 0 Å². The highest BCUT2D eigenvalue weighted by Crippen LogP contribution is 2.36. The van der Waals surface area contributed by atoms with Crippen LogP contribution in [0.2, 0.25) is 0 Å². The Kier molecular flexibility index (Phi) is 10.0. The average molecular weight is 421 g/mol. The second-order valence-corrected chi connectivity index (χ2v) is 7.60. The molecule has 1 aromatic rings. The molecule has 2 fully saturated rings. The number of hydrogen-bond donors (Lipinski definition) is 2. The second kappa shape index (κ2) is 11.2. The third-order valence-electron chi connectivity index (χ3n) is 5.58. The van der Waals surface area contributed by atoms with Gasteiger partial charge < -0.3 is 26.0 Å². The molecule has 0 amide bonds. The third kappa shape index (κ3) is 6.61. The van der Waals surface area contributed by atoms with Gasteiger partial charge in [0.1, 0.15) is 5.82 Å². The molecule has 7 nitrogen and oxygen atoms in total. The Morgan fingerprint density at radius 1 is 1.22 bits per heavy atom. The van der Waals surface area contributed by atoms with Crippen LogP contribution >= 0.6 is 24.8 Å². The molecule has 2 aliphatic rings. The molecule has 1 aliphatic heterocycles. The highest BCUT2D eigenvalue weighted by Gasteiger charge is 2.29. The number of rotatable bonds is 7. The lowest BCUT2D eigenvalue weighted by molar-refractivity contribution is 0.121. The van der Waals surface area contributed by atoms with Crippen LogP contribution in [0.4, 0.5) is 11.8 Å². The van der Waals surface area contributed by atoms with Crippen LogP contribution in [0, 0.1) is 5.92 Å². The standard InChI is InChI=1S/C18H32N6O.2ClH/c1-23(12-13-3-5-24(6-4-13)7-8-25-2)17-11-16(21-18(20)22-17)14-9-15(19)10-14;;/h11,13-15H,3-10,12,19H2,1-2H3,(H2,20,21,22);2*1H. The minimum Gasteiger partial charge on any atom is -0.383 e. The number of hydrogen-bond acceptors (Lipinski definition) is 7. The zero-order valence-corrected chi connectivity index (χ0v) is 18.0. The number of ether oxygens (including phenoxy) is 1. The van der Waals surface area contributed by atoms with E-state index in [9.17, 15) is 0 Å². The summed E-state index contributed by atoms with van der Waals surface area (Å²) in [5.41, 5.74) is 12.9. The summed E-state index contributed by atoms with van der Waals surface area (Å²) in [5, 5.41) is 0. The fourth-order valence-electron chi connectivity index (χ4n) is 3.87. The van der Waals surface area contributed by atoms with E-state index in [4.69, 9.17) is 16.2 Å². The summed E-state index contributed by atoms with van der Waals surface area (Å²) < 4.78 is 5.17. The number of halogens is 2. The molecule has 156 valence electrons. The molecule has 1 aromatic heterocycles. The predicted molar refractivity (Wildman–Crippen MR) is 115 cm³/mol. The van der Waals surface area contributed by atoms with E-state index >= 15 is 0 Å². The number of likely N-dealkylation sites (tertiary alicyclic amines) is 1. The molecule has 0 aromatic carbocycles.